The number of aliphatic hydroxyl groups excluding tert-OH is 1. The number of hydrogen-bond donors (Lipinski definition) is 3. The molecule has 0 radical (unpaired) electrons. The molecule has 1 aliphatic rings. The number of halogens is 2. The van der Waals surface area contributed by atoms with Gasteiger partial charge in [-0.05, 0) is 69.9 Å². The number of nitrogens with zero attached hydrogens (tertiary/aromatic N) is 1. The maximum Gasteiger partial charge on any atom is 0.325 e. The van der Waals surface area contributed by atoms with Crippen molar-refractivity contribution in [3.8, 4) is 5.75 Å². The molecular weight excluding hydrogens is 588 g/mol. The lowest BCUT2D eigenvalue weighted by molar-refractivity contribution is -0.134. The fraction of sp³-hybridized carbons (Fsp3) is 0.208. The first kappa shape index (κ1) is 25.1. The Morgan fingerprint density at radius 1 is 1.23 bits per heavy atom. The lowest BCUT2D eigenvalue weighted by Gasteiger charge is -2.24. The van der Waals surface area contributed by atoms with Crippen molar-refractivity contribution in [1.29, 1.82) is 0 Å². The third kappa shape index (κ3) is 5.80. The first-order valence-electron chi connectivity index (χ1n) is 10.6. The van der Waals surface area contributed by atoms with E-state index in [-0.39, 0.29) is 25.3 Å². The normalized spacial score (nSPS) is 16.2. The molecule has 3 N–H and O–H groups in total. The van der Waals surface area contributed by atoms with Crippen LogP contribution in [0.25, 0.3) is 0 Å². The molecule has 0 spiro atoms. The SMILES string of the molecule is O=C(Nc1ccc(I)cc1F)[C@H](Cc1cccs1)N1C(=O)N[C@H](c2ccc(OCCO)cc2)C1=O. The molecular formula is C24H21FIN3O5S. The molecule has 182 valence electrons. The fourth-order valence-electron chi connectivity index (χ4n) is 3.66. The highest BCUT2D eigenvalue weighted by Crippen LogP contribution is 2.28. The highest BCUT2D eigenvalue weighted by molar-refractivity contribution is 14.1. The predicted molar refractivity (Wildman–Crippen MR) is 137 cm³/mol. The van der Waals surface area contributed by atoms with Crippen molar-refractivity contribution in [3.63, 3.8) is 0 Å². The number of urea groups is 1. The average molecular weight is 609 g/mol. The van der Waals surface area contributed by atoms with Crippen LogP contribution in [0.4, 0.5) is 14.9 Å². The van der Waals surface area contributed by atoms with Gasteiger partial charge in [0.2, 0.25) is 5.91 Å². The van der Waals surface area contributed by atoms with Gasteiger partial charge in [-0.15, -0.1) is 11.3 Å². The topological polar surface area (TPSA) is 108 Å². The Balaban J connectivity index is 1.58. The van der Waals surface area contributed by atoms with Crippen LogP contribution in [0.5, 0.6) is 5.75 Å². The smallest absolute Gasteiger partial charge is 0.325 e. The van der Waals surface area contributed by atoms with Crippen LogP contribution in [0.1, 0.15) is 16.5 Å². The molecule has 2 aromatic carbocycles. The van der Waals surface area contributed by atoms with Gasteiger partial charge in [-0.3, -0.25) is 9.59 Å². The third-order valence-corrected chi connectivity index (χ3v) is 6.89. The summed E-state index contributed by atoms with van der Waals surface area (Å²) < 4.78 is 20.4. The van der Waals surface area contributed by atoms with Gasteiger partial charge >= 0.3 is 6.03 Å². The molecule has 3 aromatic rings. The van der Waals surface area contributed by atoms with Crippen LogP contribution in [0.2, 0.25) is 0 Å². The Morgan fingerprint density at radius 3 is 2.66 bits per heavy atom. The molecule has 0 unspecified atom stereocenters. The molecule has 1 saturated heterocycles. The summed E-state index contributed by atoms with van der Waals surface area (Å²) in [5.74, 6) is -1.36. The number of aliphatic hydroxyl groups is 1. The van der Waals surface area contributed by atoms with Gasteiger partial charge in [-0.2, -0.15) is 0 Å². The monoisotopic (exact) mass is 609 g/mol. The molecule has 0 bridgehead atoms. The van der Waals surface area contributed by atoms with Crippen molar-refractivity contribution in [3.05, 3.63) is 79.8 Å². The number of rotatable bonds is 9. The first-order valence-corrected chi connectivity index (χ1v) is 12.6. The summed E-state index contributed by atoms with van der Waals surface area (Å²) in [5.41, 5.74) is 0.481. The highest BCUT2D eigenvalue weighted by atomic mass is 127. The van der Waals surface area contributed by atoms with E-state index in [9.17, 15) is 18.8 Å². The van der Waals surface area contributed by atoms with Crippen LogP contribution in [0.15, 0.2) is 60.0 Å². The van der Waals surface area contributed by atoms with Gasteiger partial charge in [0.05, 0.1) is 12.3 Å². The number of ether oxygens (including phenoxy) is 1. The molecule has 4 amide bonds. The minimum atomic E-state index is -1.18. The molecule has 1 aliphatic heterocycles. The lowest BCUT2D eigenvalue weighted by atomic mass is 10.1. The average Bonchev–Trinajstić information content (AvgIpc) is 3.46. The molecule has 4 rings (SSSR count). The van der Waals surface area contributed by atoms with E-state index in [1.165, 1.54) is 23.5 Å². The second-order valence-corrected chi connectivity index (χ2v) is 9.92. The van der Waals surface area contributed by atoms with Gasteiger partial charge in [0.1, 0.15) is 30.3 Å². The molecule has 0 saturated carbocycles. The van der Waals surface area contributed by atoms with Crippen molar-refractivity contribution in [2.75, 3.05) is 18.5 Å². The van der Waals surface area contributed by atoms with E-state index in [2.05, 4.69) is 10.6 Å². The van der Waals surface area contributed by atoms with Gasteiger partial charge in [-0.25, -0.2) is 14.1 Å². The second kappa shape index (κ2) is 11.1. The van der Waals surface area contributed by atoms with Crippen molar-refractivity contribution in [2.24, 2.45) is 0 Å². The number of amides is 4. The number of benzene rings is 2. The van der Waals surface area contributed by atoms with E-state index >= 15 is 0 Å². The maximum atomic E-state index is 14.4. The number of nitrogens with one attached hydrogen (secondary N) is 2. The Hall–Kier alpha value is -3.03. The molecule has 35 heavy (non-hydrogen) atoms. The summed E-state index contributed by atoms with van der Waals surface area (Å²) in [6.45, 7) is 0.000572. The quantitative estimate of drug-likeness (QED) is 0.254. The number of imide groups is 1. The van der Waals surface area contributed by atoms with E-state index < -0.39 is 35.7 Å². The molecule has 11 heteroatoms. The summed E-state index contributed by atoms with van der Waals surface area (Å²) in [5, 5.41) is 15.9. The van der Waals surface area contributed by atoms with E-state index in [1.807, 2.05) is 34.0 Å². The lowest BCUT2D eigenvalue weighted by Crippen LogP contribution is -2.49. The van der Waals surface area contributed by atoms with Crippen LogP contribution >= 0.6 is 33.9 Å². The summed E-state index contributed by atoms with van der Waals surface area (Å²) >= 11 is 3.35. The van der Waals surface area contributed by atoms with Crippen molar-refractivity contribution >= 4 is 57.5 Å². The van der Waals surface area contributed by atoms with Crippen LogP contribution < -0.4 is 15.4 Å². The number of carbonyl (C=O) groups is 3. The van der Waals surface area contributed by atoms with Crippen LogP contribution in [0, 0.1) is 9.39 Å². The van der Waals surface area contributed by atoms with Gasteiger partial charge in [0.25, 0.3) is 5.91 Å². The Labute approximate surface area is 218 Å². The zero-order valence-corrected chi connectivity index (χ0v) is 21.2. The molecule has 2 atom stereocenters. The van der Waals surface area contributed by atoms with E-state index in [1.54, 1.807) is 36.4 Å². The number of hydrogen-bond acceptors (Lipinski definition) is 6. The Kier molecular flexibility index (Phi) is 7.98. The molecule has 8 nitrogen and oxygen atoms in total. The van der Waals surface area contributed by atoms with Crippen molar-refractivity contribution in [1.82, 2.24) is 10.2 Å². The number of carbonyl (C=O) groups excluding carboxylic acids is 3. The second-order valence-electron chi connectivity index (χ2n) is 7.64. The van der Waals surface area contributed by atoms with E-state index in [0.29, 0.717) is 14.9 Å². The summed E-state index contributed by atoms with van der Waals surface area (Å²) in [4.78, 5) is 41.2. The van der Waals surface area contributed by atoms with Gasteiger partial charge in [-0.1, -0.05) is 18.2 Å². The number of anilines is 1. The third-order valence-electron chi connectivity index (χ3n) is 5.32. The predicted octanol–water partition coefficient (Wildman–Crippen LogP) is 3.71. The van der Waals surface area contributed by atoms with Crippen molar-refractivity contribution in [2.45, 2.75) is 18.5 Å². The molecule has 1 fully saturated rings. The zero-order chi connectivity index (χ0) is 24.9. The largest absolute Gasteiger partial charge is 0.491 e. The standard InChI is InChI=1S/C24H21FIN3O5S/c25-18-12-15(26)5-8-19(18)27-22(31)20(13-17-2-1-11-35-17)29-23(32)21(28-24(29)33)14-3-6-16(7-4-14)34-10-9-30/h1-8,11-12,20-21,30H,9-10,13H2,(H,27,31)(H,28,33)/t20-,21+/m0/s1. The minimum Gasteiger partial charge on any atom is -0.491 e. The Bertz CT molecular complexity index is 1220. The van der Waals surface area contributed by atoms with Crippen LogP contribution in [-0.2, 0) is 16.0 Å². The van der Waals surface area contributed by atoms with Crippen molar-refractivity contribution < 1.29 is 28.6 Å². The van der Waals surface area contributed by atoms with Gasteiger partial charge in [0.15, 0.2) is 0 Å². The maximum absolute atomic E-state index is 14.4. The minimum absolute atomic E-state index is 0.0336. The van der Waals surface area contributed by atoms with Crippen LogP contribution in [0.3, 0.4) is 0 Å². The van der Waals surface area contributed by atoms with E-state index in [0.717, 1.165) is 9.78 Å². The zero-order valence-electron chi connectivity index (χ0n) is 18.2. The molecule has 2 heterocycles. The molecule has 1 aromatic heterocycles. The van der Waals surface area contributed by atoms with E-state index in [4.69, 9.17) is 9.84 Å². The summed E-state index contributed by atoms with van der Waals surface area (Å²) in [6.07, 6.45) is 0.0926. The summed E-state index contributed by atoms with van der Waals surface area (Å²) in [7, 11) is 0. The molecule has 0 aliphatic carbocycles. The summed E-state index contributed by atoms with van der Waals surface area (Å²) in [6, 6.07) is 11.6. The Morgan fingerprint density at radius 2 is 2.00 bits per heavy atom. The first-order chi connectivity index (χ1) is 16.9. The van der Waals surface area contributed by atoms with Crippen LogP contribution in [-0.4, -0.2) is 47.1 Å². The number of thiophene rings is 1. The van der Waals surface area contributed by atoms with Gasteiger partial charge < -0.3 is 20.5 Å². The highest BCUT2D eigenvalue weighted by Gasteiger charge is 2.45. The van der Waals surface area contributed by atoms with Gasteiger partial charge in [0, 0.05) is 14.9 Å². The fourth-order valence-corrected chi connectivity index (χ4v) is 4.86.